The maximum absolute atomic E-state index is 6.24. The molecule has 2 N–H and O–H groups in total. The van der Waals surface area contributed by atoms with Gasteiger partial charge in [-0.25, -0.2) is 0 Å². The van der Waals surface area contributed by atoms with Crippen molar-refractivity contribution in [2.24, 2.45) is 11.7 Å². The van der Waals surface area contributed by atoms with Gasteiger partial charge in [-0.1, -0.05) is 31.9 Å². The average Bonchev–Trinajstić information content (AvgIpc) is 2.84. The Kier molecular flexibility index (Phi) is 4.51. The molecule has 106 valence electrons. The summed E-state index contributed by atoms with van der Waals surface area (Å²) in [5, 5.41) is 0. The van der Waals surface area contributed by atoms with Crippen LogP contribution in [0.1, 0.15) is 45.1 Å². The molecule has 1 aromatic carbocycles. The number of likely N-dealkylation sites (N-methyl/N-ethyl adjacent to an activating group) is 1. The summed E-state index contributed by atoms with van der Waals surface area (Å²) in [5.74, 6) is 0.734. The second-order valence-electron chi connectivity index (χ2n) is 5.89. The molecule has 0 heterocycles. The number of benzene rings is 1. The Bertz CT molecular complexity index is 415. The van der Waals surface area contributed by atoms with Crippen molar-refractivity contribution in [3.05, 3.63) is 29.8 Å². The van der Waals surface area contributed by atoms with Crippen molar-refractivity contribution in [2.45, 2.75) is 52.0 Å². The van der Waals surface area contributed by atoms with Crippen LogP contribution < -0.4 is 10.6 Å². The molecule has 1 aromatic rings. The maximum Gasteiger partial charge on any atom is 0.0552 e. The predicted molar refractivity (Wildman–Crippen MR) is 83.6 cm³/mol. The topological polar surface area (TPSA) is 29.3 Å². The molecule has 0 radical (unpaired) electrons. The number of anilines is 1. The highest BCUT2D eigenvalue weighted by Gasteiger charge is 2.44. The summed E-state index contributed by atoms with van der Waals surface area (Å²) < 4.78 is 0. The Hall–Kier alpha value is -1.02. The van der Waals surface area contributed by atoms with Crippen molar-refractivity contribution < 1.29 is 0 Å². The van der Waals surface area contributed by atoms with Gasteiger partial charge >= 0.3 is 0 Å². The number of hydrogen-bond donors (Lipinski definition) is 1. The molecule has 0 bridgehead atoms. The minimum atomic E-state index is 0.178. The second kappa shape index (κ2) is 5.96. The minimum absolute atomic E-state index is 0.178. The SMILES string of the molecule is CCC1CCCC1(CN)N(CC)c1cccc(C)c1. The molecule has 2 nitrogen and oxygen atoms in total. The van der Waals surface area contributed by atoms with Gasteiger partial charge in [0.1, 0.15) is 0 Å². The number of rotatable bonds is 5. The number of nitrogens with two attached hydrogens (primary N) is 1. The lowest BCUT2D eigenvalue weighted by Crippen LogP contribution is -2.56. The average molecular weight is 260 g/mol. The van der Waals surface area contributed by atoms with Crippen LogP contribution in [0, 0.1) is 12.8 Å². The van der Waals surface area contributed by atoms with Crippen molar-refractivity contribution in [1.29, 1.82) is 0 Å². The highest BCUT2D eigenvalue weighted by Crippen LogP contribution is 2.43. The third kappa shape index (κ3) is 2.51. The van der Waals surface area contributed by atoms with E-state index in [9.17, 15) is 0 Å². The van der Waals surface area contributed by atoms with Gasteiger partial charge in [0.2, 0.25) is 0 Å². The van der Waals surface area contributed by atoms with Gasteiger partial charge in [0, 0.05) is 18.8 Å². The zero-order valence-electron chi connectivity index (χ0n) is 12.7. The van der Waals surface area contributed by atoms with Gasteiger partial charge in [0.15, 0.2) is 0 Å². The van der Waals surface area contributed by atoms with E-state index < -0.39 is 0 Å². The smallest absolute Gasteiger partial charge is 0.0552 e. The van der Waals surface area contributed by atoms with E-state index >= 15 is 0 Å². The molecule has 2 atom stereocenters. The van der Waals surface area contributed by atoms with Gasteiger partial charge in [-0.05, 0) is 50.3 Å². The Labute approximate surface area is 118 Å². The van der Waals surface area contributed by atoms with Crippen molar-refractivity contribution >= 4 is 5.69 Å². The number of hydrogen-bond acceptors (Lipinski definition) is 2. The fourth-order valence-electron chi connectivity index (χ4n) is 4.00. The Balaban J connectivity index is 2.39. The van der Waals surface area contributed by atoms with Gasteiger partial charge in [-0.3, -0.25) is 0 Å². The molecule has 1 aliphatic carbocycles. The molecule has 1 fully saturated rings. The zero-order valence-corrected chi connectivity index (χ0v) is 12.7. The molecule has 0 spiro atoms. The van der Waals surface area contributed by atoms with Crippen molar-refractivity contribution in [3.8, 4) is 0 Å². The van der Waals surface area contributed by atoms with Crippen molar-refractivity contribution in [2.75, 3.05) is 18.0 Å². The minimum Gasteiger partial charge on any atom is -0.365 e. The zero-order chi connectivity index (χ0) is 13.9. The first kappa shape index (κ1) is 14.4. The van der Waals surface area contributed by atoms with Crippen molar-refractivity contribution in [1.82, 2.24) is 0 Å². The third-order valence-electron chi connectivity index (χ3n) is 4.94. The van der Waals surface area contributed by atoms with Crippen LogP contribution in [0.3, 0.4) is 0 Å². The van der Waals surface area contributed by atoms with Gasteiger partial charge in [-0.2, -0.15) is 0 Å². The molecular formula is C17H28N2. The fourth-order valence-corrected chi connectivity index (χ4v) is 4.00. The van der Waals surface area contributed by atoms with E-state index in [1.165, 1.54) is 36.9 Å². The molecule has 1 saturated carbocycles. The van der Waals surface area contributed by atoms with Gasteiger partial charge in [-0.15, -0.1) is 0 Å². The number of aryl methyl sites for hydroxylation is 1. The number of nitrogens with zero attached hydrogens (tertiary/aromatic N) is 1. The summed E-state index contributed by atoms with van der Waals surface area (Å²) in [6, 6.07) is 8.86. The molecule has 19 heavy (non-hydrogen) atoms. The quantitative estimate of drug-likeness (QED) is 0.874. The van der Waals surface area contributed by atoms with Crippen molar-refractivity contribution in [3.63, 3.8) is 0 Å². The van der Waals surface area contributed by atoms with E-state index in [1.54, 1.807) is 0 Å². The van der Waals surface area contributed by atoms with Crippen LogP contribution in [0.25, 0.3) is 0 Å². The summed E-state index contributed by atoms with van der Waals surface area (Å²) in [4.78, 5) is 2.57. The summed E-state index contributed by atoms with van der Waals surface area (Å²) in [6.07, 6.45) is 5.12. The van der Waals surface area contributed by atoms with E-state index in [0.29, 0.717) is 0 Å². The maximum atomic E-state index is 6.24. The van der Waals surface area contributed by atoms with Crippen LogP contribution >= 0.6 is 0 Å². The lowest BCUT2D eigenvalue weighted by Gasteiger charge is -2.46. The molecule has 2 rings (SSSR count). The summed E-state index contributed by atoms with van der Waals surface area (Å²) in [5.41, 5.74) is 9.09. The third-order valence-corrected chi connectivity index (χ3v) is 4.94. The highest BCUT2D eigenvalue weighted by atomic mass is 15.2. The van der Waals surface area contributed by atoms with Crippen LogP contribution in [0.4, 0.5) is 5.69 Å². The van der Waals surface area contributed by atoms with E-state index in [-0.39, 0.29) is 5.54 Å². The Morgan fingerprint density at radius 1 is 1.37 bits per heavy atom. The van der Waals surface area contributed by atoms with Crippen LogP contribution in [0.15, 0.2) is 24.3 Å². The second-order valence-corrected chi connectivity index (χ2v) is 5.89. The fraction of sp³-hybridized carbons (Fsp3) is 0.647. The summed E-state index contributed by atoms with van der Waals surface area (Å²) in [7, 11) is 0. The van der Waals surface area contributed by atoms with Crippen LogP contribution in [-0.4, -0.2) is 18.6 Å². The van der Waals surface area contributed by atoms with Gasteiger partial charge in [0.25, 0.3) is 0 Å². The molecule has 0 saturated heterocycles. The van der Waals surface area contributed by atoms with E-state index in [2.05, 4.69) is 49.9 Å². The van der Waals surface area contributed by atoms with Gasteiger partial charge in [0.05, 0.1) is 5.54 Å². The molecule has 0 amide bonds. The first-order valence-electron chi connectivity index (χ1n) is 7.72. The lowest BCUT2D eigenvalue weighted by molar-refractivity contribution is 0.294. The molecular weight excluding hydrogens is 232 g/mol. The van der Waals surface area contributed by atoms with Crippen LogP contribution in [0.2, 0.25) is 0 Å². The Morgan fingerprint density at radius 2 is 2.16 bits per heavy atom. The van der Waals surface area contributed by atoms with E-state index in [0.717, 1.165) is 19.0 Å². The monoisotopic (exact) mass is 260 g/mol. The molecule has 0 aromatic heterocycles. The Morgan fingerprint density at radius 3 is 2.74 bits per heavy atom. The summed E-state index contributed by atoms with van der Waals surface area (Å²) >= 11 is 0. The standard InChI is InChI=1S/C17H28N2/c1-4-15-9-7-11-17(15,13-18)19(5-2)16-10-6-8-14(3)12-16/h6,8,10,12,15H,4-5,7,9,11,13,18H2,1-3H3. The normalized spacial score (nSPS) is 26.6. The first-order chi connectivity index (χ1) is 9.17. The predicted octanol–water partition coefficient (Wildman–Crippen LogP) is 3.73. The highest BCUT2D eigenvalue weighted by molar-refractivity contribution is 5.51. The van der Waals surface area contributed by atoms with Gasteiger partial charge < -0.3 is 10.6 Å². The van der Waals surface area contributed by atoms with E-state index in [1.807, 2.05) is 0 Å². The molecule has 2 heteroatoms. The molecule has 2 unspecified atom stereocenters. The molecule has 0 aliphatic heterocycles. The summed E-state index contributed by atoms with van der Waals surface area (Å²) in [6.45, 7) is 8.54. The first-order valence-corrected chi connectivity index (χ1v) is 7.72. The lowest BCUT2D eigenvalue weighted by atomic mass is 9.82. The van der Waals surface area contributed by atoms with E-state index in [4.69, 9.17) is 5.73 Å². The van der Waals surface area contributed by atoms with Crippen LogP contribution in [0.5, 0.6) is 0 Å². The molecule has 1 aliphatic rings. The van der Waals surface area contributed by atoms with Crippen LogP contribution in [-0.2, 0) is 0 Å². The largest absolute Gasteiger partial charge is 0.365 e.